The zero-order valence-electron chi connectivity index (χ0n) is 17.6. The fourth-order valence-electron chi connectivity index (χ4n) is 3.46. The minimum absolute atomic E-state index is 0.237. The fraction of sp³-hybridized carbons (Fsp3) is 0. The highest BCUT2D eigenvalue weighted by atomic mass is 79.9. The Morgan fingerprint density at radius 3 is 2.29 bits per heavy atom. The molecule has 0 aliphatic heterocycles. The molecule has 168 valence electrons. The van der Waals surface area contributed by atoms with Crippen LogP contribution in [0.3, 0.4) is 0 Å². The first kappa shape index (κ1) is 22.3. The van der Waals surface area contributed by atoms with E-state index in [0.717, 1.165) is 10.2 Å². The van der Waals surface area contributed by atoms with E-state index >= 15 is 0 Å². The minimum Gasteiger partial charge on any atom is -0.437 e. The highest BCUT2D eigenvalue weighted by Crippen LogP contribution is 2.39. The van der Waals surface area contributed by atoms with Gasteiger partial charge in [-0.2, -0.15) is 4.68 Å². The van der Waals surface area contributed by atoms with Gasteiger partial charge in [0.1, 0.15) is 15.7 Å². The van der Waals surface area contributed by atoms with Crippen molar-refractivity contribution >= 4 is 65.9 Å². The number of rotatable bonds is 5. The van der Waals surface area contributed by atoms with Gasteiger partial charge in [0.2, 0.25) is 5.88 Å². The van der Waals surface area contributed by atoms with Crippen LogP contribution >= 0.6 is 39.5 Å². The third-order valence-corrected chi connectivity index (χ3v) is 7.01. The highest BCUT2D eigenvalue weighted by molar-refractivity contribution is 9.10. The maximum Gasteiger partial charge on any atom is 0.282 e. The zero-order valence-corrected chi connectivity index (χ0v) is 20.8. The van der Waals surface area contributed by atoms with Crippen molar-refractivity contribution in [2.75, 3.05) is 11.1 Å². The van der Waals surface area contributed by atoms with Crippen LogP contribution in [0.4, 0.5) is 10.7 Å². The smallest absolute Gasteiger partial charge is 0.282 e. The van der Waals surface area contributed by atoms with E-state index in [1.807, 2.05) is 72.8 Å². The van der Waals surface area contributed by atoms with E-state index in [9.17, 15) is 4.79 Å². The van der Waals surface area contributed by atoms with E-state index in [1.165, 1.54) is 16.0 Å². The predicted octanol–water partition coefficient (Wildman–Crippen LogP) is 6.37. The third kappa shape index (κ3) is 4.33. The zero-order chi connectivity index (χ0) is 23.7. The summed E-state index contributed by atoms with van der Waals surface area (Å²) in [6, 6.07) is 26.1. The van der Waals surface area contributed by atoms with Crippen LogP contribution in [0.15, 0.2) is 94.2 Å². The molecule has 0 fully saturated rings. The number of aromatic nitrogens is 2. The van der Waals surface area contributed by atoms with Crippen LogP contribution < -0.4 is 21.3 Å². The summed E-state index contributed by atoms with van der Waals surface area (Å²) in [5.41, 5.74) is 7.46. The quantitative estimate of drug-likeness (QED) is 0.248. The average molecular weight is 549 g/mol. The number of hydrogen-bond donors (Lipinski definition) is 2. The van der Waals surface area contributed by atoms with Crippen molar-refractivity contribution in [2.45, 2.75) is 0 Å². The van der Waals surface area contributed by atoms with Gasteiger partial charge in [-0.1, -0.05) is 64.5 Å². The van der Waals surface area contributed by atoms with E-state index < -0.39 is 0 Å². The highest BCUT2D eigenvalue weighted by Gasteiger charge is 2.24. The van der Waals surface area contributed by atoms with Crippen LogP contribution in [0.25, 0.3) is 16.5 Å². The molecular weight excluding hydrogens is 532 g/mol. The Morgan fingerprint density at radius 1 is 0.971 bits per heavy atom. The normalized spacial score (nSPS) is 10.9. The number of nitrogen functional groups attached to an aromatic ring is 1. The molecule has 0 radical (unpaired) electrons. The van der Waals surface area contributed by atoms with Gasteiger partial charge in [0.15, 0.2) is 0 Å². The lowest BCUT2D eigenvalue weighted by Gasteiger charge is -2.12. The Bertz CT molecular complexity index is 1550. The predicted molar refractivity (Wildman–Crippen MR) is 146 cm³/mol. The molecule has 2 heterocycles. The number of benzene rings is 3. The lowest BCUT2D eigenvalue weighted by Crippen LogP contribution is -2.22. The summed E-state index contributed by atoms with van der Waals surface area (Å²) in [6.07, 6.45) is 0. The number of nitrogens with one attached hydrogen (secondary N) is 1. The summed E-state index contributed by atoms with van der Waals surface area (Å²) in [5.74, 6) is 0.800. The van der Waals surface area contributed by atoms with Crippen LogP contribution in [0, 0.1) is 0 Å². The van der Waals surface area contributed by atoms with Crippen LogP contribution in [0.1, 0.15) is 4.88 Å². The standard InChI is InChI=1S/C25H17BrN4O2S2/c26-15-11-13-18(14-12-15)32-23-19-20(25(31)30(29-23)17-9-5-2-6-10-17)22(27)34-21(19)24(33)28-16-7-3-1-4-8-16/h1-14H,27H2,(H,28,33). The molecule has 0 atom stereocenters. The van der Waals surface area contributed by atoms with Crippen molar-refractivity contribution in [2.24, 2.45) is 0 Å². The molecule has 3 N–H and O–H groups in total. The second-order valence-corrected chi connectivity index (χ2v) is 9.66. The molecule has 0 bridgehead atoms. The molecule has 6 nitrogen and oxygen atoms in total. The Morgan fingerprint density at radius 2 is 1.62 bits per heavy atom. The number of hydrogen-bond acceptors (Lipinski definition) is 6. The van der Waals surface area contributed by atoms with Gasteiger partial charge in [-0.3, -0.25) is 4.79 Å². The lowest BCUT2D eigenvalue weighted by molar-refractivity contribution is 0.454. The van der Waals surface area contributed by atoms with Gasteiger partial charge >= 0.3 is 0 Å². The van der Waals surface area contributed by atoms with Crippen LogP contribution in [0.5, 0.6) is 11.6 Å². The largest absolute Gasteiger partial charge is 0.437 e. The Hall–Kier alpha value is -3.53. The molecule has 3 aromatic carbocycles. The number of nitrogens with zero attached hydrogens (tertiary/aromatic N) is 2. The van der Waals surface area contributed by atoms with E-state index in [-0.39, 0.29) is 11.4 Å². The van der Waals surface area contributed by atoms with E-state index in [4.69, 9.17) is 22.7 Å². The molecule has 5 aromatic rings. The summed E-state index contributed by atoms with van der Waals surface area (Å²) >= 11 is 10.4. The van der Waals surface area contributed by atoms with Crippen molar-refractivity contribution in [1.82, 2.24) is 9.78 Å². The Kier molecular flexibility index (Phi) is 6.14. The summed E-state index contributed by atoms with van der Waals surface area (Å²) in [7, 11) is 0. The average Bonchev–Trinajstić information content (AvgIpc) is 3.21. The topological polar surface area (TPSA) is 82.2 Å². The molecule has 2 aromatic heterocycles. The molecular formula is C25H17BrN4O2S2. The second kappa shape index (κ2) is 9.38. The summed E-state index contributed by atoms with van der Waals surface area (Å²) in [5, 5.41) is 8.95. The molecule has 5 rings (SSSR count). The van der Waals surface area contributed by atoms with E-state index in [2.05, 4.69) is 26.3 Å². The lowest BCUT2D eigenvalue weighted by atomic mass is 10.2. The van der Waals surface area contributed by atoms with Gasteiger partial charge in [0.05, 0.1) is 21.3 Å². The first-order chi connectivity index (χ1) is 16.5. The number of halogens is 1. The van der Waals surface area contributed by atoms with Gasteiger partial charge in [-0.15, -0.1) is 16.4 Å². The number of thiophene rings is 1. The number of ether oxygens (including phenoxy) is 1. The fourth-order valence-corrected chi connectivity index (χ4v) is 5.01. The summed E-state index contributed by atoms with van der Waals surface area (Å²) < 4.78 is 8.41. The molecule has 0 amide bonds. The Balaban J connectivity index is 1.71. The summed E-state index contributed by atoms with van der Waals surface area (Å²) in [4.78, 5) is 14.5. The number of nitrogens with two attached hydrogens (primary N) is 1. The number of fused-ring (bicyclic) bond motifs is 1. The number of anilines is 2. The molecule has 0 aliphatic rings. The maximum atomic E-state index is 13.5. The molecule has 0 spiro atoms. The van der Waals surface area contributed by atoms with Gasteiger partial charge in [-0.25, -0.2) is 0 Å². The van der Waals surface area contributed by atoms with Crippen molar-refractivity contribution in [3.8, 4) is 17.3 Å². The first-order valence-electron chi connectivity index (χ1n) is 10.2. The van der Waals surface area contributed by atoms with E-state index in [1.54, 1.807) is 12.1 Å². The van der Waals surface area contributed by atoms with Crippen molar-refractivity contribution < 1.29 is 4.74 Å². The monoisotopic (exact) mass is 548 g/mol. The SMILES string of the molecule is Nc1sc(C(=S)Nc2ccccc2)c2c(Oc3ccc(Br)cc3)nn(-c3ccccc3)c(=O)c12. The molecule has 0 saturated carbocycles. The number of thiocarbonyl (C=S) groups is 1. The number of para-hydroxylation sites is 2. The Labute approximate surface area is 212 Å². The third-order valence-electron chi connectivity index (χ3n) is 5.01. The molecule has 0 unspecified atom stereocenters. The van der Waals surface area contributed by atoms with E-state index in [0.29, 0.717) is 37.1 Å². The first-order valence-corrected chi connectivity index (χ1v) is 12.2. The van der Waals surface area contributed by atoms with Gasteiger partial charge in [0, 0.05) is 10.2 Å². The minimum atomic E-state index is -0.341. The maximum absolute atomic E-state index is 13.5. The van der Waals surface area contributed by atoms with Crippen molar-refractivity contribution in [3.05, 3.63) is 105 Å². The summed E-state index contributed by atoms with van der Waals surface area (Å²) in [6.45, 7) is 0. The van der Waals surface area contributed by atoms with Gasteiger partial charge < -0.3 is 15.8 Å². The van der Waals surface area contributed by atoms with Crippen LogP contribution in [-0.4, -0.2) is 14.8 Å². The van der Waals surface area contributed by atoms with Gasteiger partial charge in [-0.05, 0) is 48.5 Å². The molecule has 34 heavy (non-hydrogen) atoms. The van der Waals surface area contributed by atoms with Gasteiger partial charge in [0.25, 0.3) is 5.56 Å². The van der Waals surface area contributed by atoms with Crippen LogP contribution in [0.2, 0.25) is 0 Å². The molecule has 0 aliphatic carbocycles. The van der Waals surface area contributed by atoms with Crippen LogP contribution in [-0.2, 0) is 0 Å². The van der Waals surface area contributed by atoms with Crippen molar-refractivity contribution in [3.63, 3.8) is 0 Å². The molecule has 0 saturated heterocycles. The van der Waals surface area contributed by atoms with Crippen molar-refractivity contribution in [1.29, 1.82) is 0 Å². The molecule has 9 heteroatoms. The second-order valence-electron chi connectivity index (χ2n) is 7.28.